The molecule has 0 aliphatic heterocycles. The molecule has 0 atom stereocenters. The van der Waals surface area contributed by atoms with Gasteiger partial charge in [0.05, 0.1) is 18.4 Å². The molecule has 1 aromatic carbocycles. The number of hydrogen-bond acceptors (Lipinski definition) is 6. The van der Waals surface area contributed by atoms with Crippen molar-refractivity contribution < 1.29 is 4.79 Å². The summed E-state index contributed by atoms with van der Waals surface area (Å²) in [5, 5.41) is 20.4. The van der Waals surface area contributed by atoms with Gasteiger partial charge < -0.3 is 5.32 Å². The first kappa shape index (κ1) is 14.3. The van der Waals surface area contributed by atoms with E-state index in [0.717, 1.165) is 22.1 Å². The lowest BCUT2D eigenvalue weighted by Crippen LogP contribution is -2.23. The molecule has 3 rings (SSSR count). The van der Waals surface area contributed by atoms with Crippen molar-refractivity contribution in [3.05, 3.63) is 52.2 Å². The summed E-state index contributed by atoms with van der Waals surface area (Å²) in [5.74, 6) is -0.282. The minimum Gasteiger partial charge on any atom is -0.344 e. The number of para-hydroxylation sites is 1. The van der Waals surface area contributed by atoms with E-state index in [4.69, 9.17) is 0 Å². The zero-order chi connectivity index (χ0) is 15.4. The summed E-state index contributed by atoms with van der Waals surface area (Å²) < 4.78 is 1.56. The third kappa shape index (κ3) is 3.17. The summed E-state index contributed by atoms with van der Waals surface area (Å²) in [5.41, 5.74) is 1.12. The molecule has 0 radical (unpaired) electrons. The monoisotopic (exact) mass is 314 g/mol. The Hall–Kier alpha value is -2.61. The Morgan fingerprint density at radius 3 is 2.68 bits per heavy atom. The summed E-state index contributed by atoms with van der Waals surface area (Å²) in [6.07, 6.45) is 2.44. The van der Waals surface area contributed by atoms with E-state index in [1.54, 1.807) is 10.9 Å². The maximum Gasteiger partial charge on any atom is 0.273 e. The van der Waals surface area contributed by atoms with Crippen molar-refractivity contribution in [3.8, 4) is 5.69 Å². The Morgan fingerprint density at radius 1 is 1.18 bits per heavy atom. The standard InChI is InChI=1S/C14H14N6OS/c1-2-12-17-18-13(22-12)8-15-14(21)11-9-20(19-16-11)10-6-4-3-5-7-10/h3-7,9H,2,8H2,1H3,(H,15,21). The van der Waals surface area contributed by atoms with Gasteiger partial charge in [0.2, 0.25) is 0 Å². The quantitative estimate of drug-likeness (QED) is 0.773. The van der Waals surface area contributed by atoms with Gasteiger partial charge in [0, 0.05) is 0 Å². The lowest BCUT2D eigenvalue weighted by Gasteiger charge is -1.99. The Kier molecular flexibility index (Phi) is 4.19. The second-order valence-corrected chi connectivity index (χ2v) is 5.66. The first-order chi connectivity index (χ1) is 10.8. The average molecular weight is 314 g/mol. The summed E-state index contributed by atoms with van der Waals surface area (Å²) in [7, 11) is 0. The number of hydrogen-bond donors (Lipinski definition) is 1. The highest BCUT2D eigenvalue weighted by atomic mass is 32.1. The molecule has 112 valence electrons. The molecule has 1 amide bonds. The molecule has 1 N–H and O–H groups in total. The third-order valence-electron chi connectivity index (χ3n) is 2.96. The van der Waals surface area contributed by atoms with Gasteiger partial charge in [-0.05, 0) is 18.6 Å². The topological polar surface area (TPSA) is 85.6 Å². The highest BCUT2D eigenvalue weighted by Crippen LogP contribution is 2.10. The zero-order valence-electron chi connectivity index (χ0n) is 11.9. The van der Waals surface area contributed by atoms with E-state index >= 15 is 0 Å². The molecular weight excluding hydrogens is 300 g/mol. The van der Waals surface area contributed by atoms with Crippen LogP contribution in [-0.4, -0.2) is 31.1 Å². The highest BCUT2D eigenvalue weighted by Gasteiger charge is 2.12. The number of nitrogens with one attached hydrogen (secondary N) is 1. The van der Waals surface area contributed by atoms with Crippen LogP contribution in [-0.2, 0) is 13.0 Å². The van der Waals surface area contributed by atoms with E-state index in [1.165, 1.54) is 11.3 Å². The van der Waals surface area contributed by atoms with Gasteiger partial charge in [0.1, 0.15) is 10.0 Å². The van der Waals surface area contributed by atoms with Crippen molar-refractivity contribution in [2.45, 2.75) is 19.9 Å². The average Bonchev–Trinajstić information content (AvgIpc) is 3.22. The van der Waals surface area contributed by atoms with E-state index in [0.29, 0.717) is 6.54 Å². The van der Waals surface area contributed by atoms with Gasteiger partial charge in [0.25, 0.3) is 5.91 Å². The first-order valence-electron chi connectivity index (χ1n) is 6.83. The molecule has 7 nitrogen and oxygen atoms in total. The molecule has 0 spiro atoms. The maximum absolute atomic E-state index is 12.1. The summed E-state index contributed by atoms with van der Waals surface area (Å²) >= 11 is 1.49. The normalized spacial score (nSPS) is 10.6. The second-order valence-electron chi connectivity index (χ2n) is 4.51. The number of benzene rings is 1. The van der Waals surface area contributed by atoms with Crippen LogP contribution in [0.3, 0.4) is 0 Å². The van der Waals surface area contributed by atoms with Crippen molar-refractivity contribution in [1.82, 2.24) is 30.5 Å². The fraction of sp³-hybridized carbons (Fsp3) is 0.214. The Balaban J connectivity index is 1.64. The molecular formula is C14H14N6OS. The predicted molar refractivity (Wildman–Crippen MR) is 81.8 cm³/mol. The van der Waals surface area contributed by atoms with Crippen LogP contribution < -0.4 is 5.32 Å². The SMILES string of the molecule is CCc1nnc(CNC(=O)c2cn(-c3ccccc3)nn2)s1. The molecule has 0 unspecified atom stereocenters. The number of nitrogens with zero attached hydrogens (tertiary/aromatic N) is 5. The highest BCUT2D eigenvalue weighted by molar-refractivity contribution is 7.11. The van der Waals surface area contributed by atoms with Crippen LogP contribution in [0.15, 0.2) is 36.5 Å². The van der Waals surface area contributed by atoms with Gasteiger partial charge in [-0.25, -0.2) is 4.68 Å². The lowest BCUT2D eigenvalue weighted by atomic mass is 10.3. The van der Waals surface area contributed by atoms with Crippen LogP contribution in [0.2, 0.25) is 0 Å². The van der Waals surface area contributed by atoms with Crippen molar-refractivity contribution in [3.63, 3.8) is 0 Å². The van der Waals surface area contributed by atoms with Gasteiger partial charge >= 0.3 is 0 Å². The van der Waals surface area contributed by atoms with Crippen LogP contribution in [0.1, 0.15) is 27.4 Å². The van der Waals surface area contributed by atoms with Crippen LogP contribution >= 0.6 is 11.3 Å². The van der Waals surface area contributed by atoms with E-state index in [2.05, 4.69) is 25.8 Å². The zero-order valence-corrected chi connectivity index (χ0v) is 12.7. The van der Waals surface area contributed by atoms with Gasteiger partial charge in [-0.3, -0.25) is 4.79 Å². The fourth-order valence-corrected chi connectivity index (χ4v) is 2.55. The van der Waals surface area contributed by atoms with Crippen LogP contribution in [0.4, 0.5) is 0 Å². The van der Waals surface area contributed by atoms with Crippen LogP contribution in [0.5, 0.6) is 0 Å². The number of aryl methyl sites for hydroxylation is 1. The minimum atomic E-state index is -0.282. The number of rotatable bonds is 5. The number of carbonyl (C=O) groups excluding carboxylic acids is 1. The smallest absolute Gasteiger partial charge is 0.273 e. The molecule has 8 heteroatoms. The van der Waals surface area contributed by atoms with E-state index in [-0.39, 0.29) is 11.6 Å². The molecule has 0 fully saturated rings. The predicted octanol–water partition coefficient (Wildman–Crippen LogP) is 1.61. The molecule has 0 bridgehead atoms. The van der Waals surface area contributed by atoms with Gasteiger partial charge in [-0.2, -0.15) is 0 Å². The molecule has 22 heavy (non-hydrogen) atoms. The van der Waals surface area contributed by atoms with E-state index in [9.17, 15) is 4.79 Å². The maximum atomic E-state index is 12.1. The molecule has 0 saturated heterocycles. The number of aromatic nitrogens is 5. The molecule has 0 aliphatic carbocycles. The van der Waals surface area contributed by atoms with E-state index < -0.39 is 0 Å². The van der Waals surface area contributed by atoms with Gasteiger partial charge in [-0.15, -0.1) is 15.3 Å². The number of amides is 1. The van der Waals surface area contributed by atoms with Gasteiger partial charge in [-0.1, -0.05) is 41.7 Å². The first-order valence-corrected chi connectivity index (χ1v) is 7.65. The molecule has 3 aromatic rings. The fourth-order valence-electron chi connectivity index (χ4n) is 1.82. The van der Waals surface area contributed by atoms with Gasteiger partial charge in [0.15, 0.2) is 5.69 Å². The van der Waals surface area contributed by atoms with Crippen molar-refractivity contribution in [1.29, 1.82) is 0 Å². The summed E-state index contributed by atoms with van der Waals surface area (Å²) in [6, 6.07) is 9.50. The molecule has 0 saturated carbocycles. The number of carbonyl (C=O) groups is 1. The van der Waals surface area contributed by atoms with E-state index in [1.807, 2.05) is 37.3 Å². The van der Waals surface area contributed by atoms with Crippen molar-refractivity contribution in [2.75, 3.05) is 0 Å². The molecule has 0 aliphatic rings. The third-order valence-corrected chi connectivity index (χ3v) is 4.03. The summed E-state index contributed by atoms with van der Waals surface area (Å²) in [6.45, 7) is 2.36. The van der Waals surface area contributed by atoms with Crippen LogP contribution in [0, 0.1) is 0 Å². The summed E-state index contributed by atoms with van der Waals surface area (Å²) in [4.78, 5) is 12.1. The molecule has 2 aromatic heterocycles. The second kappa shape index (κ2) is 6.44. The van der Waals surface area contributed by atoms with Crippen LogP contribution in [0.25, 0.3) is 5.69 Å². The largest absolute Gasteiger partial charge is 0.344 e. The Labute approximate surface area is 131 Å². The lowest BCUT2D eigenvalue weighted by molar-refractivity contribution is 0.0945. The Morgan fingerprint density at radius 2 is 1.95 bits per heavy atom. The molecule has 2 heterocycles. The van der Waals surface area contributed by atoms with Crippen molar-refractivity contribution in [2.24, 2.45) is 0 Å². The Bertz CT molecular complexity index is 767. The van der Waals surface area contributed by atoms with Crippen molar-refractivity contribution >= 4 is 17.2 Å². The minimum absolute atomic E-state index is 0.268.